The Morgan fingerprint density at radius 3 is 2.39 bits per heavy atom. The van der Waals surface area contributed by atoms with E-state index in [-0.39, 0.29) is 17.0 Å². The number of H-pyrrole nitrogens is 1. The Kier molecular flexibility index (Phi) is 7.46. The number of nitrogens with one attached hydrogen (secondary N) is 1. The number of aromatic nitrogens is 1. The van der Waals surface area contributed by atoms with Crippen molar-refractivity contribution in [3.63, 3.8) is 0 Å². The molecule has 2 saturated heterocycles. The molecule has 0 saturated carbocycles. The molecule has 192 valence electrons. The van der Waals surface area contributed by atoms with Crippen LogP contribution in [-0.2, 0) is 19.1 Å². The number of Topliss-reactive ketones (excluding diaryl/α,β-unsaturated/α-hetero) is 1. The number of morpholine rings is 1. The molecule has 10 heteroatoms. The molecule has 1 aromatic carbocycles. The van der Waals surface area contributed by atoms with Gasteiger partial charge in [0.15, 0.2) is 0 Å². The molecule has 1 aromatic heterocycles. The Labute approximate surface area is 209 Å². The summed E-state index contributed by atoms with van der Waals surface area (Å²) in [5.74, 6) is -1.74. The second kappa shape index (κ2) is 10.5. The molecular weight excluding hydrogens is 466 g/mol. The molecule has 0 spiro atoms. The molecule has 2 N–H and O–H groups in total. The predicted molar refractivity (Wildman–Crippen MR) is 131 cm³/mol. The highest BCUT2D eigenvalue weighted by Crippen LogP contribution is 2.41. The first kappa shape index (κ1) is 25.5. The molecule has 0 aliphatic carbocycles. The summed E-state index contributed by atoms with van der Waals surface area (Å²) in [5, 5.41) is 11.5. The zero-order chi connectivity index (χ0) is 26.0. The van der Waals surface area contributed by atoms with Crippen LogP contribution in [-0.4, -0.2) is 91.2 Å². The molecule has 0 radical (unpaired) electrons. The molecule has 4 rings (SSSR count). The number of benzene rings is 1. The van der Waals surface area contributed by atoms with E-state index in [2.05, 4.69) is 9.88 Å². The van der Waals surface area contributed by atoms with E-state index in [0.29, 0.717) is 54.4 Å². The molecule has 0 bridgehead atoms. The van der Waals surface area contributed by atoms with Crippen LogP contribution in [0.15, 0.2) is 29.8 Å². The van der Waals surface area contributed by atoms with E-state index in [0.717, 1.165) is 13.1 Å². The number of esters is 1. The van der Waals surface area contributed by atoms with Gasteiger partial charge in [0, 0.05) is 37.4 Å². The van der Waals surface area contributed by atoms with Gasteiger partial charge in [-0.3, -0.25) is 14.5 Å². The number of hydrogen-bond donors (Lipinski definition) is 2. The lowest BCUT2D eigenvalue weighted by Gasteiger charge is -2.31. The number of aliphatic hydroxyl groups excluding tert-OH is 1. The summed E-state index contributed by atoms with van der Waals surface area (Å²) in [7, 11) is 2.82. The van der Waals surface area contributed by atoms with E-state index in [1.54, 1.807) is 45.2 Å². The van der Waals surface area contributed by atoms with Crippen molar-refractivity contribution in [2.75, 3.05) is 53.6 Å². The lowest BCUT2D eigenvalue weighted by molar-refractivity contribution is -0.140. The highest BCUT2D eigenvalue weighted by Gasteiger charge is 2.46. The van der Waals surface area contributed by atoms with Gasteiger partial charge in [0.05, 0.1) is 39.0 Å². The molecule has 2 fully saturated rings. The number of amides is 1. The van der Waals surface area contributed by atoms with Gasteiger partial charge in [-0.15, -0.1) is 0 Å². The van der Waals surface area contributed by atoms with Gasteiger partial charge < -0.3 is 29.2 Å². The van der Waals surface area contributed by atoms with Crippen molar-refractivity contribution < 1.29 is 33.7 Å². The molecule has 36 heavy (non-hydrogen) atoms. The van der Waals surface area contributed by atoms with Gasteiger partial charge in [0.25, 0.3) is 11.7 Å². The smallest absolute Gasteiger partial charge is 0.354 e. The molecule has 0 unspecified atom stereocenters. The van der Waals surface area contributed by atoms with E-state index in [1.165, 1.54) is 12.0 Å². The van der Waals surface area contributed by atoms with E-state index in [1.807, 2.05) is 0 Å². The number of rotatable bonds is 7. The van der Waals surface area contributed by atoms with Gasteiger partial charge in [-0.2, -0.15) is 0 Å². The fourth-order valence-electron chi connectivity index (χ4n) is 4.86. The maximum absolute atomic E-state index is 13.3. The Hall–Kier alpha value is -3.63. The summed E-state index contributed by atoms with van der Waals surface area (Å²) in [4.78, 5) is 45.4. The maximum Gasteiger partial charge on any atom is 0.354 e. The third kappa shape index (κ3) is 4.61. The minimum atomic E-state index is -0.799. The Bertz CT molecular complexity index is 1190. The fraction of sp³-hybridized carbons (Fsp3) is 0.423. The number of ketones is 1. The second-order valence-corrected chi connectivity index (χ2v) is 8.84. The first-order valence-corrected chi connectivity index (χ1v) is 11.8. The third-order valence-electron chi connectivity index (χ3n) is 6.80. The van der Waals surface area contributed by atoms with E-state index < -0.39 is 23.7 Å². The lowest BCUT2D eigenvalue weighted by atomic mass is 9.94. The van der Waals surface area contributed by atoms with E-state index >= 15 is 0 Å². The molecule has 3 heterocycles. The van der Waals surface area contributed by atoms with Gasteiger partial charge >= 0.3 is 5.97 Å². The SMILES string of the molecule is COC(=O)c1[nH]c(C)c(/C(O)=C2\C(=O)C(=O)N(CCN3CCOCC3)[C@@H]2c2ccc(OC)cc2)c1C. The average molecular weight is 498 g/mol. The predicted octanol–water partition coefficient (Wildman–Crippen LogP) is 2.18. The van der Waals surface area contributed by atoms with Gasteiger partial charge in [0.2, 0.25) is 0 Å². The summed E-state index contributed by atoms with van der Waals surface area (Å²) < 4.78 is 15.5. The van der Waals surface area contributed by atoms with Gasteiger partial charge in [-0.1, -0.05) is 12.1 Å². The van der Waals surface area contributed by atoms with Crippen molar-refractivity contribution in [2.24, 2.45) is 0 Å². The minimum absolute atomic E-state index is 0.0197. The number of carbonyl (C=O) groups is 3. The van der Waals surface area contributed by atoms with Crippen LogP contribution >= 0.6 is 0 Å². The molecule has 1 amide bonds. The highest BCUT2D eigenvalue weighted by atomic mass is 16.5. The van der Waals surface area contributed by atoms with Crippen LogP contribution in [0.25, 0.3) is 5.76 Å². The largest absolute Gasteiger partial charge is 0.507 e. The van der Waals surface area contributed by atoms with Crippen LogP contribution in [0.3, 0.4) is 0 Å². The van der Waals surface area contributed by atoms with Crippen molar-refractivity contribution in [3.8, 4) is 5.75 Å². The zero-order valence-electron chi connectivity index (χ0n) is 20.9. The van der Waals surface area contributed by atoms with Crippen LogP contribution in [0.2, 0.25) is 0 Å². The number of ether oxygens (including phenoxy) is 3. The van der Waals surface area contributed by atoms with E-state index in [4.69, 9.17) is 14.2 Å². The quantitative estimate of drug-likeness (QED) is 0.258. The van der Waals surface area contributed by atoms with Gasteiger partial charge in [-0.25, -0.2) is 4.79 Å². The number of aryl methyl sites for hydroxylation is 1. The number of aliphatic hydroxyl groups is 1. The summed E-state index contributed by atoms with van der Waals surface area (Å²) >= 11 is 0. The van der Waals surface area contributed by atoms with Crippen molar-refractivity contribution in [1.29, 1.82) is 0 Å². The van der Waals surface area contributed by atoms with Crippen molar-refractivity contribution in [2.45, 2.75) is 19.9 Å². The average Bonchev–Trinajstić information content (AvgIpc) is 3.34. The van der Waals surface area contributed by atoms with Crippen LogP contribution in [0.5, 0.6) is 5.75 Å². The Morgan fingerprint density at radius 2 is 1.78 bits per heavy atom. The molecule has 10 nitrogen and oxygen atoms in total. The molecule has 2 aliphatic heterocycles. The van der Waals surface area contributed by atoms with Gasteiger partial charge in [-0.05, 0) is 37.1 Å². The molecular formula is C26H31N3O7. The lowest BCUT2D eigenvalue weighted by Crippen LogP contribution is -2.42. The summed E-state index contributed by atoms with van der Waals surface area (Å²) in [6, 6.07) is 6.26. The Balaban J connectivity index is 1.80. The second-order valence-electron chi connectivity index (χ2n) is 8.84. The summed E-state index contributed by atoms with van der Waals surface area (Å²) in [6.45, 7) is 6.94. The van der Waals surface area contributed by atoms with Crippen molar-refractivity contribution >= 4 is 23.4 Å². The normalized spacial score (nSPS) is 20.1. The van der Waals surface area contributed by atoms with Crippen LogP contribution in [0.4, 0.5) is 0 Å². The maximum atomic E-state index is 13.3. The molecule has 1 atom stereocenters. The number of nitrogens with zero attached hydrogens (tertiary/aromatic N) is 2. The van der Waals surface area contributed by atoms with Crippen molar-refractivity contribution in [1.82, 2.24) is 14.8 Å². The number of hydrogen-bond acceptors (Lipinski definition) is 8. The fourth-order valence-corrected chi connectivity index (χ4v) is 4.86. The minimum Gasteiger partial charge on any atom is -0.507 e. The number of aromatic amines is 1. The van der Waals surface area contributed by atoms with Gasteiger partial charge in [0.1, 0.15) is 17.2 Å². The summed E-state index contributed by atoms with van der Waals surface area (Å²) in [5.41, 5.74) is 2.05. The van der Waals surface area contributed by atoms with Crippen molar-refractivity contribution in [3.05, 3.63) is 57.9 Å². The third-order valence-corrected chi connectivity index (χ3v) is 6.80. The van der Waals surface area contributed by atoms with Crippen LogP contribution < -0.4 is 4.74 Å². The topological polar surface area (TPSA) is 121 Å². The highest BCUT2D eigenvalue weighted by molar-refractivity contribution is 6.46. The Morgan fingerprint density at radius 1 is 1.11 bits per heavy atom. The summed E-state index contributed by atoms with van der Waals surface area (Å²) in [6.07, 6.45) is 0. The first-order valence-electron chi connectivity index (χ1n) is 11.8. The molecule has 2 aliphatic rings. The standard InChI is InChI=1S/C26H31N3O7/c1-15-19(16(2)27-21(15)26(33)35-4)23(30)20-22(17-5-7-18(34-3)8-6-17)29(25(32)24(20)31)10-9-28-11-13-36-14-12-28/h5-8,22,27,30H,9-14H2,1-4H3/b23-20+/t22-/m1/s1. The number of likely N-dealkylation sites (tertiary alicyclic amines) is 1. The van der Waals surface area contributed by atoms with Crippen LogP contribution in [0.1, 0.15) is 38.9 Å². The molecule has 2 aromatic rings. The van der Waals surface area contributed by atoms with Crippen LogP contribution in [0, 0.1) is 13.8 Å². The van der Waals surface area contributed by atoms with E-state index in [9.17, 15) is 19.5 Å². The monoisotopic (exact) mass is 497 g/mol. The number of methoxy groups -OCH3 is 2. The number of carbonyl (C=O) groups excluding carboxylic acids is 3. The zero-order valence-corrected chi connectivity index (χ0v) is 20.9. The first-order chi connectivity index (χ1) is 17.3.